The van der Waals surface area contributed by atoms with Crippen molar-refractivity contribution in [3.05, 3.63) is 0 Å². The molecule has 0 heterocycles. The molecular formula is C9H20N2. The van der Waals surface area contributed by atoms with Crippen LogP contribution in [0, 0.1) is 5.92 Å². The van der Waals surface area contributed by atoms with Crippen LogP contribution in [-0.2, 0) is 0 Å². The Bertz CT molecular complexity index is 102. The number of rotatable bonds is 3. The van der Waals surface area contributed by atoms with Gasteiger partial charge in [0.25, 0.3) is 0 Å². The molecule has 2 nitrogen and oxygen atoms in total. The highest BCUT2D eigenvalue weighted by molar-refractivity contribution is 4.80. The lowest BCUT2D eigenvalue weighted by Crippen LogP contribution is -2.40. The largest absolute Gasteiger partial charge is 0.319 e. The third-order valence-electron chi connectivity index (χ3n) is 2.75. The molecule has 0 unspecified atom stereocenters. The fraction of sp³-hybridized carbons (Fsp3) is 1.00. The average molecular weight is 156 g/mol. The van der Waals surface area contributed by atoms with Gasteiger partial charge < -0.3 is 10.6 Å². The Morgan fingerprint density at radius 3 is 2.55 bits per heavy atom. The topological polar surface area (TPSA) is 24.1 Å². The van der Waals surface area contributed by atoms with E-state index in [1.54, 1.807) is 0 Å². The standard InChI is InChI=1S/C9H20N2/c1-10-7-8-5-3-4-6-9(8)11-2/h8-11H,3-7H2,1-2H3/t8-,9-/m0/s1. The first kappa shape index (κ1) is 9.01. The van der Waals surface area contributed by atoms with Crippen molar-refractivity contribution >= 4 is 0 Å². The lowest BCUT2D eigenvalue weighted by Gasteiger charge is -2.31. The van der Waals surface area contributed by atoms with Crippen molar-refractivity contribution in [1.82, 2.24) is 10.6 Å². The molecule has 0 amide bonds. The van der Waals surface area contributed by atoms with Crippen LogP contribution in [0.15, 0.2) is 0 Å². The van der Waals surface area contributed by atoms with Gasteiger partial charge in [0.2, 0.25) is 0 Å². The van der Waals surface area contributed by atoms with Gasteiger partial charge in [0.05, 0.1) is 0 Å². The molecular weight excluding hydrogens is 136 g/mol. The number of nitrogens with one attached hydrogen (secondary N) is 2. The van der Waals surface area contributed by atoms with Crippen LogP contribution in [0.3, 0.4) is 0 Å². The highest BCUT2D eigenvalue weighted by Gasteiger charge is 2.22. The molecule has 2 N–H and O–H groups in total. The molecule has 0 aromatic heterocycles. The van der Waals surface area contributed by atoms with Crippen LogP contribution >= 0.6 is 0 Å². The minimum absolute atomic E-state index is 0.760. The summed E-state index contributed by atoms with van der Waals surface area (Å²) in [6.07, 6.45) is 5.59. The maximum atomic E-state index is 3.40. The molecule has 0 aromatic rings. The second kappa shape index (κ2) is 4.73. The van der Waals surface area contributed by atoms with Gasteiger partial charge in [-0.1, -0.05) is 12.8 Å². The van der Waals surface area contributed by atoms with Crippen LogP contribution in [0.25, 0.3) is 0 Å². The highest BCUT2D eigenvalue weighted by atomic mass is 14.9. The van der Waals surface area contributed by atoms with Crippen molar-refractivity contribution < 1.29 is 0 Å². The second-order valence-electron chi connectivity index (χ2n) is 3.50. The van der Waals surface area contributed by atoms with E-state index in [2.05, 4.69) is 17.7 Å². The van der Waals surface area contributed by atoms with Crippen LogP contribution in [0.4, 0.5) is 0 Å². The first-order valence-corrected chi connectivity index (χ1v) is 4.70. The van der Waals surface area contributed by atoms with Crippen LogP contribution < -0.4 is 10.6 Å². The summed E-state index contributed by atoms with van der Waals surface area (Å²) >= 11 is 0. The van der Waals surface area contributed by atoms with E-state index in [9.17, 15) is 0 Å². The summed E-state index contributed by atoms with van der Waals surface area (Å²) in [6, 6.07) is 0.760. The Morgan fingerprint density at radius 1 is 1.18 bits per heavy atom. The van der Waals surface area contributed by atoms with Gasteiger partial charge in [0.1, 0.15) is 0 Å². The average Bonchev–Trinajstić information content (AvgIpc) is 2.06. The molecule has 1 aliphatic rings. The number of hydrogen-bond acceptors (Lipinski definition) is 2. The Hall–Kier alpha value is -0.0800. The van der Waals surface area contributed by atoms with Gasteiger partial charge in [0.15, 0.2) is 0 Å². The van der Waals surface area contributed by atoms with Crippen molar-refractivity contribution in [2.75, 3.05) is 20.6 Å². The first-order chi connectivity index (χ1) is 5.38. The summed E-state index contributed by atoms with van der Waals surface area (Å²) in [5, 5.41) is 6.66. The monoisotopic (exact) mass is 156 g/mol. The van der Waals surface area contributed by atoms with Crippen LogP contribution in [0.2, 0.25) is 0 Å². The van der Waals surface area contributed by atoms with Gasteiger partial charge in [-0.25, -0.2) is 0 Å². The molecule has 66 valence electrons. The number of hydrogen-bond donors (Lipinski definition) is 2. The van der Waals surface area contributed by atoms with Crippen molar-refractivity contribution in [1.29, 1.82) is 0 Å². The van der Waals surface area contributed by atoms with E-state index < -0.39 is 0 Å². The van der Waals surface area contributed by atoms with Crippen molar-refractivity contribution in [2.24, 2.45) is 5.92 Å². The molecule has 1 saturated carbocycles. The van der Waals surface area contributed by atoms with Gasteiger partial charge in [-0.15, -0.1) is 0 Å². The van der Waals surface area contributed by atoms with E-state index in [1.165, 1.54) is 32.2 Å². The Morgan fingerprint density at radius 2 is 1.91 bits per heavy atom. The molecule has 1 rings (SSSR count). The van der Waals surface area contributed by atoms with E-state index >= 15 is 0 Å². The lowest BCUT2D eigenvalue weighted by atomic mass is 9.84. The summed E-state index contributed by atoms with van der Waals surface area (Å²) in [7, 11) is 4.12. The van der Waals surface area contributed by atoms with Gasteiger partial charge >= 0.3 is 0 Å². The zero-order valence-electron chi connectivity index (χ0n) is 7.69. The van der Waals surface area contributed by atoms with Crippen molar-refractivity contribution in [3.63, 3.8) is 0 Å². The van der Waals surface area contributed by atoms with Crippen LogP contribution in [0.5, 0.6) is 0 Å². The summed E-state index contributed by atoms with van der Waals surface area (Å²) in [6.45, 7) is 1.17. The smallest absolute Gasteiger partial charge is 0.0104 e. The van der Waals surface area contributed by atoms with Gasteiger partial charge in [-0.05, 0) is 39.4 Å². The predicted molar refractivity (Wildman–Crippen MR) is 48.7 cm³/mol. The van der Waals surface area contributed by atoms with E-state index in [1.807, 2.05) is 7.05 Å². The van der Waals surface area contributed by atoms with E-state index in [-0.39, 0.29) is 0 Å². The molecule has 0 bridgehead atoms. The molecule has 0 aliphatic heterocycles. The molecule has 0 spiro atoms. The van der Waals surface area contributed by atoms with E-state index in [0.717, 1.165) is 12.0 Å². The Balaban J connectivity index is 2.31. The third kappa shape index (κ3) is 2.46. The second-order valence-corrected chi connectivity index (χ2v) is 3.50. The third-order valence-corrected chi connectivity index (χ3v) is 2.75. The van der Waals surface area contributed by atoms with Gasteiger partial charge in [-0.3, -0.25) is 0 Å². The maximum Gasteiger partial charge on any atom is 0.0104 e. The normalized spacial score (nSPS) is 32.2. The van der Waals surface area contributed by atoms with Crippen LogP contribution in [0.1, 0.15) is 25.7 Å². The molecule has 2 heteroatoms. The van der Waals surface area contributed by atoms with Crippen molar-refractivity contribution in [3.8, 4) is 0 Å². The van der Waals surface area contributed by atoms with Gasteiger partial charge in [0, 0.05) is 6.04 Å². The molecule has 2 atom stereocenters. The first-order valence-electron chi connectivity index (χ1n) is 4.70. The Labute approximate surface area is 69.8 Å². The molecule has 0 aromatic carbocycles. The van der Waals surface area contributed by atoms with E-state index in [4.69, 9.17) is 0 Å². The molecule has 0 radical (unpaired) electrons. The predicted octanol–water partition coefficient (Wildman–Crippen LogP) is 0.984. The fourth-order valence-corrected chi connectivity index (χ4v) is 2.09. The molecule has 1 aliphatic carbocycles. The molecule has 11 heavy (non-hydrogen) atoms. The zero-order chi connectivity index (χ0) is 8.10. The highest BCUT2D eigenvalue weighted by Crippen LogP contribution is 2.23. The zero-order valence-corrected chi connectivity index (χ0v) is 7.69. The minimum atomic E-state index is 0.760. The molecule has 1 fully saturated rings. The summed E-state index contributed by atoms with van der Waals surface area (Å²) in [5.41, 5.74) is 0. The SMILES string of the molecule is CNC[C@@H]1CCCC[C@@H]1NC. The maximum absolute atomic E-state index is 3.40. The minimum Gasteiger partial charge on any atom is -0.319 e. The van der Waals surface area contributed by atoms with Crippen LogP contribution in [-0.4, -0.2) is 26.7 Å². The Kier molecular flexibility index (Phi) is 3.87. The fourth-order valence-electron chi connectivity index (χ4n) is 2.09. The van der Waals surface area contributed by atoms with Crippen molar-refractivity contribution in [2.45, 2.75) is 31.7 Å². The quantitative estimate of drug-likeness (QED) is 0.636. The molecule has 0 saturated heterocycles. The van der Waals surface area contributed by atoms with E-state index in [0.29, 0.717) is 0 Å². The summed E-state index contributed by atoms with van der Waals surface area (Å²) in [4.78, 5) is 0. The summed E-state index contributed by atoms with van der Waals surface area (Å²) < 4.78 is 0. The summed E-state index contributed by atoms with van der Waals surface area (Å²) in [5.74, 6) is 0.860. The lowest BCUT2D eigenvalue weighted by molar-refractivity contribution is 0.270. The van der Waals surface area contributed by atoms with Gasteiger partial charge in [-0.2, -0.15) is 0 Å².